The number of hydrogen-bond donors (Lipinski definition) is 1. The van der Waals surface area contributed by atoms with Gasteiger partial charge in [0.05, 0.1) is 37.7 Å². The summed E-state index contributed by atoms with van der Waals surface area (Å²) >= 11 is 0. The molecule has 1 aromatic heterocycles. The van der Waals surface area contributed by atoms with E-state index in [9.17, 15) is 4.79 Å². The number of methoxy groups -OCH3 is 2. The second kappa shape index (κ2) is 12.1. The molecule has 3 rings (SSSR count). The number of likely N-dealkylation sites (N-methyl/N-ethyl adjacent to an activating group) is 1. The SMILES string of the molecule is C=CCCC(=O)N1CCn2nc(CN(C)CCN)c(C3CCC(COC)(COC)CC3)c2C1. The predicted octanol–water partition coefficient (Wildman–Crippen LogP) is 2.52. The van der Waals surface area contributed by atoms with Gasteiger partial charge in [0.1, 0.15) is 0 Å². The van der Waals surface area contributed by atoms with E-state index in [1.54, 1.807) is 14.2 Å². The molecule has 0 atom stereocenters. The Kier molecular flexibility index (Phi) is 9.49. The summed E-state index contributed by atoms with van der Waals surface area (Å²) in [6, 6.07) is 0. The highest BCUT2D eigenvalue weighted by atomic mass is 16.5. The van der Waals surface area contributed by atoms with Crippen LogP contribution < -0.4 is 5.73 Å². The molecule has 8 heteroatoms. The van der Waals surface area contributed by atoms with Crippen LogP contribution in [-0.2, 0) is 33.9 Å². The van der Waals surface area contributed by atoms with Crippen molar-refractivity contribution in [2.45, 2.75) is 64.1 Å². The fourth-order valence-corrected chi connectivity index (χ4v) is 5.59. The molecule has 0 spiro atoms. The summed E-state index contributed by atoms with van der Waals surface area (Å²) in [7, 11) is 5.66. The van der Waals surface area contributed by atoms with Crippen LogP contribution in [0, 0.1) is 5.41 Å². The lowest BCUT2D eigenvalue weighted by Crippen LogP contribution is -2.39. The first kappa shape index (κ1) is 25.9. The molecule has 8 nitrogen and oxygen atoms in total. The number of aromatic nitrogens is 2. The minimum atomic E-state index is 0.0937. The zero-order chi connectivity index (χ0) is 23.8. The molecule has 2 heterocycles. The number of carbonyl (C=O) groups is 1. The fourth-order valence-electron chi connectivity index (χ4n) is 5.59. The smallest absolute Gasteiger partial charge is 0.223 e. The van der Waals surface area contributed by atoms with Gasteiger partial charge in [-0.3, -0.25) is 14.4 Å². The summed E-state index contributed by atoms with van der Waals surface area (Å²) < 4.78 is 13.3. The Hall–Kier alpha value is -1.74. The van der Waals surface area contributed by atoms with Crippen LogP contribution in [0.3, 0.4) is 0 Å². The number of fused-ring (bicyclic) bond motifs is 1. The molecule has 1 aliphatic carbocycles. The van der Waals surface area contributed by atoms with E-state index >= 15 is 0 Å². The fraction of sp³-hybridized carbons (Fsp3) is 0.760. The molecule has 186 valence electrons. The van der Waals surface area contributed by atoms with Crippen LogP contribution in [-0.4, -0.2) is 79.6 Å². The molecule has 1 aromatic rings. The average Bonchev–Trinajstić information content (AvgIpc) is 3.15. The van der Waals surface area contributed by atoms with Gasteiger partial charge in [0.15, 0.2) is 0 Å². The molecule has 0 aromatic carbocycles. The summed E-state index contributed by atoms with van der Waals surface area (Å²) in [6.07, 6.45) is 7.39. The molecule has 2 N–H and O–H groups in total. The largest absolute Gasteiger partial charge is 0.384 e. The standard InChI is InChI=1S/C25H43N5O3/c1-5-6-7-23(31)29-14-15-30-22(17-29)24(21(27-30)16-28(2)13-12-26)20-8-10-25(11-9-20,18-32-3)19-33-4/h5,20H,1,6-19,26H2,2-4H3. The van der Waals surface area contributed by atoms with Crippen molar-refractivity contribution in [3.05, 3.63) is 29.6 Å². The molecular formula is C25H43N5O3. The lowest BCUT2D eigenvalue weighted by molar-refractivity contribution is -0.132. The molecule has 1 aliphatic heterocycles. The Bertz CT molecular complexity index is 777. The molecule has 2 aliphatic rings. The number of nitrogens with two attached hydrogens (primary N) is 1. The minimum absolute atomic E-state index is 0.0937. The Morgan fingerprint density at radius 1 is 1.27 bits per heavy atom. The third-order valence-electron chi connectivity index (χ3n) is 7.30. The first-order chi connectivity index (χ1) is 16.0. The van der Waals surface area contributed by atoms with Crippen molar-refractivity contribution >= 4 is 5.91 Å². The predicted molar refractivity (Wildman–Crippen MR) is 130 cm³/mol. The Morgan fingerprint density at radius 3 is 2.58 bits per heavy atom. The van der Waals surface area contributed by atoms with Crippen LogP contribution >= 0.6 is 0 Å². The molecular weight excluding hydrogens is 418 g/mol. The third-order valence-corrected chi connectivity index (χ3v) is 7.30. The van der Waals surface area contributed by atoms with Gasteiger partial charge in [-0.05, 0) is 45.1 Å². The molecule has 0 unspecified atom stereocenters. The van der Waals surface area contributed by atoms with Crippen molar-refractivity contribution in [2.24, 2.45) is 11.1 Å². The zero-order valence-corrected chi connectivity index (χ0v) is 20.9. The van der Waals surface area contributed by atoms with Gasteiger partial charge in [-0.1, -0.05) is 6.08 Å². The van der Waals surface area contributed by atoms with Crippen LogP contribution in [0.15, 0.2) is 12.7 Å². The molecule has 0 saturated heterocycles. The molecule has 1 saturated carbocycles. The molecule has 0 bridgehead atoms. The number of hydrogen-bond acceptors (Lipinski definition) is 6. The van der Waals surface area contributed by atoms with Crippen LogP contribution in [0.4, 0.5) is 0 Å². The normalized spacial score (nSPS) is 18.5. The van der Waals surface area contributed by atoms with Gasteiger partial charge in [0, 0.05) is 57.8 Å². The molecule has 0 radical (unpaired) electrons. The van der Waals surface area contributed by atoms with Crippen LogP contribution in [0.5, 0.6) is 0 Å². The monoisotopic (exact) mass is 461 g/mol. The highest BCUT2D eigenvalue weighted by molar-refractivity contribution is 5.76. The van der Waals surface area contributed by atoms with Crippen molar-refractivity contribution in [2.75, 3.05) is 54.1 Å². The highest BCUT2D eigenvalue weighted by Crippen LogP contribution is 2.45. The Labute approximate surface area is 199 Å². The minimum Gasteiger partial charge on any atom is -0.384 e. The van der Waals surface area contributed by atoms with E-state index in [1.165, 1.54) is 11.3 Å². The number of nitrogens with zero attached hydrogens (tertiary/aromatic N) is 4. The second-order valence-electron chi connectivity index (χ2n) is 9.84. The van der Waals surface area contributed by atoms with Crippen molar-refractivity contribution < 1.29 is 14.3 Å². The quantitative estimate of drug-likeness (QED) is 0.482. The number of rotatable bonds is 12. The maximum atomic E-state index is 12.8. The Balaban J connectivity index is 1.85. The van der Waals surface area contributed by atoms with Gasteiger partial charge in [-0.2, -0.15) is 5.10 Å². The van der Waals surface area contributed by atoms with Gasteiger partial charge in [-0.15, -0.1) is 6.58 Å². The molecule has 33 heavy (non-hydrogen) atoms. The van der Waals surface area contributed by atoms with Crippen molar-refractivity contribution in [1.82, 2.24) is 19.6 Å². The van der Waals surface area contributed by atoms with Crippen molar-refractivity contribution in [3.8, 4) is 0 Å². The summed E-state index contributed by atoms with van der Waals surface area (Å²) in [5, 5.41) is 5.04. The van der Waals surface area contributed by atoms with Crippen molar-refractivity contribution in [1.29, 1.82) is 0 Å². The van der Waals surface area contributed by atoms with Gasteiger partial charge in [0.25, 0.3) is 0 Å². The first-order valence-electron chi connectivity index (χ1n) is 12.3. The van der Waals surface area contributed by atoms with Crippen LogP contribution in [0.2, 0.25) is 0 Å². The van der Waals surface area contributed by atoms with E-state index in [1.807, 2.05) is 11.0 Å². The zero-order valence-electron chi connectivity index (χ0n) is 20.9. The van der Waals surface area contributed by atoms with Gasteiger partial charge < -0.3 is 20.1 Å². The van der Waals surface area contributed by atoms with E-state index in [-0.39, 0.29) is 11.3 Å². The lowest BCUT2D eigenvalue weighted by atomic mass is 9.69. The van der Waals surface area contributed by atoms with E-state index in [2.05, 4.69) is 23.2 Å². The lowest BCUT2D eigenvalue weighted by Gasteiger charge is -2.40. The summed E-state index contributed by atoms with van der Waals surface area (Å²) in [6.45, 7) is 9.60. The maximum absolute atomic E-state index is 12.8. The van der Waals surface area contributed by atoms with E-state index in [4.69, 9.17) is 20.3 Å². The summed E-state index contributed by atoms with van der Waals surface area (Å²) in [5.74, 6) is 0.651. The third kappa shape index (κ3) is 6.23. The number of carbonyl (C=O) groups excluding carboxylic acids is 1. The van der Waals surface area contributed by atoms with Crippen LogP contribution in [0.25, 0.3) is 0 Å². The van der Waals surface area contributed by atoms with Crippen LogP contribution in [0.1, 0.15) is 61.4 Å². The number of amides is 1. The average molecular weight is 462 g/mol. The topological polar surface area (TPSA) is 85.9 Å². The van der Waals surface area contributed by atoms with Gasteiger partial charge in [-0.25, -0.2) is 0 Å². The Morgan fingerprint density at radius 2 is 1.97 bits per heavy atom. The first-order valence-corrected chi connectivity index (χ1v) is 12.3. The van der Waals surface area contributed by atoms with E-state index in [0.717, 1.165) is 77.2 Å². The van der Waals surface area contributed by atoms with Crippen molar-refractivity contribution in [3.63, 3.8) is 0 Å². The van der Waals surface area contributed by atoms with Gasteiger partial charge in [0.2, 0.25) is 5.91 Å². The maximum Gasteiger partial charge on any atom is 0.223 e. The second-order valence-corrected chi connectivity index (χ2v) is 9.84. The number of allylic oxidation sites excluding steroid dienone is 1. The van der Waals surface area contributed by atoms with E-state index < -0.39 is 0 Å². The number of ether oxygens (including phenoxy) is 2. The molecule has 1 amide bonds. The summed E-state index contributed by atoms with van der Waals surface area (Å²) in [4.78, 5) is 17.0. The highest BCUT2D eigenvalue weighted by Gasteiger charge is 2.39. The molecule has 1 fully saturated rings. The van der Waals surface area contributed by atoms with Gasteiger partial charge >= 0.3 is 0 Å². The summed E-state index contributed by atoms with van der Waals surface area (Å²) in [5.41, 5.74) is 9.63. The van der Waals surface area contributed by atoms with E-state index in [0.29, 0.717) is 25.4 Å².